The first kappa shape index (κ1) is 19.8. The van der Waals surface area contributed by atoms with E-state index in [1.165, 1.54) is 0 Å². The molecule has 0 unspecified atom stereocenters. The fraction of sp³-hybridized carbons (Fsp3) is 0.238. The van der Waals surface area contributed by atoms with Crippen LogP contribution in [-0.4, -0.2) is 32.6 Å². The number of carbonyl (C=O) groups excluding carboxylic acids is 1. The van der Waals surface area contributed by atoms with Crippen molar-refractivity contribution >= 4 is 17.4 Å². The van der Waals surface area contributed by atoms with Crippen molar-refractivity contribution in [1.29, 1.82) is 0 Å². The van der Waals surface area contributed by atoms with Gasteiger partial charge in [-0.15, -0.1) is 16.8 Å². The van der Waals surface area contributed by atoms with Crippen LogP contribution in [0.1, 0.15) is 17.8 Å². The van der Waals surface area contributed by atoms with Crippen molar-refractivity contribution in [1.82, 2.24) is 19.7 Å². The first-order chi connectivity index (χ1) is 13.6. The lowest BCUT2D eigenvalue weighted by molar-refractivity contribution is -0.118. The van der Waals surface area contributed by atoms with Gasteiger partial charge in [0.25, 0.3) is 0 Å². The highest BCUT2D eigenvalue weighted by Gasteiger charge is 2.15. The Morgan fingerprint density at radius 2 is 2.18 bits per heavy atom. The van der Waals surface area contributed by atoms with Crippen LogP contribution in [0.3, 0.4) is 0 Å². The molecule has 7 heteroatoms. The van der Waals surface area contributed by atoms with E-state index in [1.54, 1.807) is 37.7 Å². The number of halogens is 1. The predicted molar refractivity (Wildman–Crippen MR) is 108 cm³/mol. The molecule has 0 aliphatic heterocycles. The summed E-state index contributed by atoms with van der Waals surface area (Å²) in [6, 6.07) is 9.17. The van der Waals surface area contributed by atoms with Gasteiger partial charge in [-0.1, -0.05) is 23.7 Å². The van der Waals surface area contributed by atoms with E-state index in [4.69, 9.17) is 16.3 Å². The summed E-state index contributed by atoms with van der Waals surface area (Å²) in [7, 11) is 1.56. The fourth-order valence-electron chi connectivity index (χ4n) is 2.94. The lowest BCUT2D eigenvalue weighted by Gasteiger charge is -2.08. The quantitative estimate of drug-likeness (QED) is 0.512. The van der Waals surface area contributed by atoms with Crippen LogP contribution in [0, 0.1) is 0 Å². The van der Waals surface area contributed by atoms with Crippen LogP contribution in [0.25, 0.3) is 11.4 Å². The maximum atomic E-state index is 12.4. The standard InChI is InChI=1S/C21H21ClN4O2/c1-3-11-26-20(24-25-21(26)16-5-4-10-23-14-16)9-7-17(27)12-15-6-8-19(28-2)18(22)13-15/h3-6,8,10,13-14H,1,7,9,11-12H2,2H3. The summed E-state index contributed by atoms with van der Waals surface area (Å²) in [5.41, 5.74) is 1.74. The van der Waals surface area contributed by atoms with Gasteiger partial charge in [0.05, 0.1) is 12.1 Å². The van der Waals surface area contributed by atoms with Crippen LogP contribution in [0.15, 0.2) is 55.4 Å². The number of allylic oxidation sites excluding steroid dienone is 1. The van der Waals surface area contributed by atoms with Gasteiger partial charge >= 0.3 is 0 Å². The highest BCUT2D eigenvalue weighted by atomic mass is 35.5. The Labute approximate surface area is 168 Å². The summed E-state index contributed by atoms with van der Waals surface area (Å²) in [5, 5.41) is 9.05. The summed E-state index contributed by atoms with van der Waals surface area (Å²) < 4.78 is 7.10. The maximum Gasteiger partial charge on any atom is 0.165 e. The molecule has 144 valence electrons. The van der Waals surface area contributed by atoms with Gasteiger partial charge in [0.15, 0.2) is 5.82 Å². The molecule has 0 aliphatic carbocycles. The molecule has 0 amide bonds. The van der Waals surface area contributed by atoms with Crippen LogP contribution >= 0.6 is 11.6 Å². The summed E-state index contributed by atoms with van der Waals surface area (Å²) >= 11 is 6.13. The van der Waals surface area contributed by atoms with Gasteiger partial charge < -0.3 is 9.30 Å². The number of nitrogens with zero attached hydrogens (tertiary/aromatic N) is 4. The molecule has 0 radical (unpaired) electrons. The average Bonchev–Trinajstić information content (AvgIpc) is 3.10. The van der Waals surface area contributed by atoms with E-state index in [0.717, 1.165) is 22.8 Å². The van der Waals surface area contributed by atoms with Crippen molar-refractivity contribution in [3.63, 3.8) is 0 Å². The zero-order chi connectivity index (χ0) is 19.9. The number of carbonyl (C=O) groups is 1. The molecule has 28 heavy (non-hydrogen) atoms. The molecule has 2 heterocycles. The number of Topliss-reactive ketones (excluding diaryl/α,β-unsaturated/α-hetero) is 1. The van der Waals surface area contributed by atoms with Gasteiger partial charge in [0.2, 0.25) is 0 Å². The van der Waals surface area contributed by atoms with Crippen LogP contribution in [0.5, 0.6) is 5.75 Å². The minimum Gasteiger partial charge on any atom is -0.495 e. The van der Waals surface area contributed by atoms with Crippen LogP contribution in [0.4, 0.5) is 0 Å². The third kappa shape index (κ3) is 4.64. The Morgan fingerprint density at radius 3 is 2.86 bits per heavy atom. The number of methoxy groups -OCH3 is 1. The molecule has 0 bridgehead atoms. The van der Waals surface area contributed by atoms with Crippen LogP contribution in [0.2, 0.25) is 5.02 Å². The number of ether oxygens (including phenoxy) is 1. The second-order valence-corrected chi connectivity index (χ2v) is 6.67. The SMILES string of the molecule is C=CCn1c(CCC(=O)Cc2ccc(OC)c(Cl)c2)nnc1-c1cccnc1. The number of hydrogen-bond donors (Lipinski definition) is 0. The summed E-state index contributed by atoms with van der Waals surface area (Å²) in [6.45, 7) is 4.37. The monoisotopic (exact) mass is 396 g/mol. The van der Waals surface area contributed by atoms with Crippen molar-refractivity contribution in [3.8, 4) is 17.1 Å². The van der Waals surface area contributed by atoms with Crippen molar-refractivity contribution < 1.29 is 9.53 Å². The second-order valence-electron chi connectivity index (χ2n) is 6.27. The van der Waals surface area contributed by atoms with Crippen molar-refractivity contribution in [2.24, 2.45) is 0 Å². The number of aryl methyl sites for hydroxylation is 1. The number of pyridine rings is 1. The number of ketones is 1. The molecule has 0 saturated heterocycles. The van der Waals surface area contributed by atoms with E-state index in [-0.39, 0.29) is 5.78 Å². The molecule has 0 N–H and O–H groups in total. The highest BCUT2D eigenvalue weighted by molar-refractivity contribution is 6.32. The molecule has 3 rings (SSSR count). The molecule has 0 fully saturated rings. The lowest BCUT2D eigenvalue weighted by atomic mass is 10.1. The van der Waals surface area contributed by atoms with E-state index in [1.807, 2.05) is 22.8 Å². The molecule has 0 spiro atoms. The lowest BCUT2D eigenvalue weighted by Crippen LogP contribution is -2.09. The topological polar surface area (TPSA) is 69.9 Å². The van der Waals surface area contributed by atoms with Gasteiger partial charge in [-0.05, 0) is 29.8 Å². The Kier molecular flexibility index (Phi) is 6.55. The molecule has 2 aromatic heterocycles. The fourth-order valence-corrected chi connectivity index (χ4v) is 3.22. The Balaban J connectivity index is 1.68. The zero-order valence-electron chi connectivity index (χ0n) is 15.6. The van der Waals surface area contributed by atoms with Gasteiger partial charge in [-0.3, -0.25) is 9.78 Å². The molecule has 1 aromatic carbocycles. The second kappa shape index (κ2) is 9.28. The summed E-state index contributed by atoms with van der Waals surface area (Å²) in [6.07, 6.45) is 6.42. The Bertz CT molecular complexity index is 970. The predicted octanol–water partition coefficient (Wildman–Crippen LogP) is 3.93. The van der Waals surface area contributed by atoms with E-state index in [9.17, 15) is 4.79 Å². The first-order valence-corrected chi connectivity index (χ1v) is 9.27. The normalized spacial score (nSPS) is 10.6. The number of aromatic nitrogens is 4. The van der Waals surface area contributed by atoms with Crippen molar-refractivity contribution in [3.05, 3.63) is 71.8 Å². The Morgan fingerprint density at radius 1 is 1.32 bits per heavy atom. The first-order valence-electron chi connectivity index (χ1n) is 8.90. The van der Waals surface area contributed by atoms with Gasteiger partial charge in [0, 0.05) is 43.8 Å². The number of benzene rings is 1. The van der Waals surface area contributed by atoms with Crippen LogP contribution in [-0.2, 0) is 24.2 Å². The summed E-state index contributed by atoms with van der Waals surface area (Å²) in [4.78, 5) is 16.6. The van der Waals surface area contributed by atoms with E-state index < -0.39 is 0 Å². The van der Waals surface area contributed by atoms with Crippen LogP contribution < -0.4 is 4.74 Å². The molecule has 3 aromatic rings. The molecular formula is C21H21ClN4O2. The third-order valence-electron chi connectivity index (χ3n) is 4.30. The smallest absolute Gasteiger partial charge is 0.165 e. The van der Waals surface area contributed by atoms with E-state index in [2.05, 4.69) is 21.8 Å². The largest absolute Gasteiger partial charge is 0.495 e. The van der Waals surface area contributed by atoms with Gasteiger partial charge in [-0.25, -0.2) is 0 Å². The molecule has 0 atom stereocenters. The maximum absolute atomic E-state index is 12.4. The highest BCUT2D eigenvalue weighted by Crippen LogP contribution is 2.25. The minimum absolute atomic E-state index is 0.109. The summed E-state index contributed by atoms with van der Waals surface area (Å²) in [5.74, 6) is 2.17. The molecular weight excluding hydrogens is 376 g/mol. The van der Waals surface area contributed by atoms with E-state index in [0.29, 0.717) is 36.6 Å². The van der Waals surface area contributed by atoms with Crippen molar-refractivity contribution in [2.75, 3.05) is 7.11 Å². The average molecular weight is 397 g/mol. The molecule has 0 saturated carbocycles. The number of hydrogen-bond acceptors (Lipinski definition) is 5. The van der Waals surface area contributed by atoms with E-state index >= 15 is 0 Å². The van der Waals surface area contributed by atoms with Gasteiger partial charge in [0.1, 0.15) is 17.4 Å². The third-order valence-corrected chi connectivity index (χ3v) is 4.60. The Hall–Kier alpha value is -2.99. The van der Waals surface area contributed by atoms with Crippen molar-refractivity contribution in [2.45, 2.75) is 25.8 Å². The number of rotatable bonds is 9. The zero-order valence-corrected chi connectivity index (χ0v) is 16.4. The minimum atomic E-state index is 0.109. The van der Waals surface area contributed by atoms with Gasteiger partial charge in [-0.2, -0.15) is 0 Å². The molecule has 6 nitrogen and oxygen atoms in total. The molecule has 0 aliphatic rings.